The maximum atomic E-state index is 13.3. The molecule has 3 aromatic heterocycles. The largest absolute Gasteiger partial charge is 0.383 e. The molecule has 0 atom stereocenters. The lowest BCUT2D eigenvalue weighted by Gasteiger charge is -2.14. The van der Waals surface area contributed by atoms with E-state index < -0.39 is 0 Å². The highest BCUT2D eigenvalue weighted by Gasteiger charge is 2.20. The van der Waals surface area contributed by atoms with Crippen molar-refractivity contribution >= 4 is 39.1 Å². The number of nitrogens with two attached hydrogens (primary N) is 1. The first-order chi connectivity index (χ1) is 16.1. The molecule has 1 aliphatic heterocycles. The Morgan fingerprint density at radius 2 is 2.00 bits per heavy atom. The number of aromatic nitrogens is 5. The molecule has 1 aliphatic rings. The van der Waals surface area contributed by atoms with Gasteiger partial charge in [-0.05, 0) is 67.4 Å². The van der Waals surface area contributed by atoms with Crippen molar-refractivity contribution in [1.82, 2.24) is 30.0 Å². The summed E-state index contributed by atoms with van der Waals surface area (Å²) in [5, 5.41) is 8.72. The van der Waals surface area contributed by atoms with Gasteiger partial charge in [0.15, 0.2) is 0 Å². The van der Waals surface area contributed by atoms with Gasteiger partial charge in [-0.25, -0.2) is 9.67 Å². The van der Waals surface area contributed by atoms with Crippen LogP contribution < -0.4 is 11.1 Å². The normalized spacial score (nSPS) is 14.2. The van der Waals surface area contributed by atoms with Crippen molar-refractivity contribution in [2.24, 2.45) is 0 Å². The molecule has 33 heavy (non-hydrogen) atoms. The highest BCUT2D eigenvalue weighted by atomic mass is 16.1. The molecule has 0 aliphatic carbocycles. The number of rotatable bonds is 4. The van der Waals surface area contributed by atoms with E-state index in [-0.39, 0.29) is 5.78 Å². The Morgan fingerprint density at radius 1 is 1.09 bits per heavy atom. The standard InChI is InChI=1S/C25H23N7O/c1-14-29-21-5-3-18(12-22(21)30-14)32-25(26)19(13-28-32)24(33)23-11-17-10-16(2-4-20(17)31-23)15-6-8-27-9-7-15/h2-6,10-13,27,31H,7-9,26H2,1H3,(H,29,30). The van der Waals surface area contributed by atoms with Gasteiger partial charge in [-0.15, -0.1) is 0 Å². The number of carbonyl (C=O) groups excluding carboxylic acids is 1. The van der Waals surface area contributed by atoms with Crippen molar-refractivity contribution in [3.63, 3.8) is 0 Å². The predicted molar refractivity (Wildman–Crippen MR) is 130 cm³/mol. The third-order valence-corrected chi connectivity index (χ3v) is 6.18. The molecule has 0 bridgehead atoms. The van der Waals surface area contributed by atoms with Crippen LogP contribution in [0.2, 0.25) is 0 Å². The van der Waals surface area contributed by atoms with Crippen LogP contribution in [0.15, 0.2) is 54.7 Å². The van der Waals surface area contributed by atoms with Crippen LogP contribution in [-0.2, 0) is 0 Å². The number of fused-ring (bicyclic) bond motifs is 2. The van der Waals surface area contributed by atoms with Crippen LogP contribution in [-0.4, -0.2) is 43.6 Å². The van der Waals surface area contributed by atoms with E-state index in [4.69, 9.17) is 5.73 Å². The molecule has 0 radical (unpaired) electrons. The number of benzene rings is 2. The number of ketones is 1. The Kier molecular flexibility index (Phi) is 4.41. The molecule has 0 unspecified atom stereocenters. The number of anilines is 1. The van der Waals surface area contributed by atoms with E-state index >= 15 is 0 Å². The van der Waals surface area contributed by atoms with Crippen LogP contribution in [0.4, 0.5) is 5.82 Å². The van der Waals surface area contributed by atoms with Gasteiger partial charge in [0.25, 0.3) is 0 Å². The molecule has 5 aromatic rings. The van der Waals surface area contributed by atoms with E-state index in [2.05, 4.69) is 43.6 Å². The van der Waals surface area contributed by atoms with E-state index in [0.717, 1.165) is 53.0 Å². The van der Waals surface area contributed by atoms with E-state index in [1.165, 1.54) is 17.3 Å². The molecule has 0 saturated carbocycles. The number of nitrogens with zero attached hydrogens (tertiary/aromatic N) is 3. The Morgan fingerprint density at radius 3 is 2.85 bits per heavy atom. The van der Waals surface area contributed by atoms with Gasteiger partial charge in [-0.3, -0.25) is 4.79 Å². The maximum Gasteiger partial charge on any atom is 0.214 e. The summed E-state index contributed by atoms with van der Waals surface area (Å²) >= 11 is 0. The average molecular weight is 438 g/mol. The van der Waals surface area contributed by atoms with Crippen LogP contribution in [0.3, 0.4) is 0 Å². The molecule has 5 N–H and O–H groups in total. The zero-order valence-corrected chi connectivity index (χ0v) is 18.1. The van der Waals surface area contributed by atoms with Gasteiger partial charge < -0.3 is 21.0 Å². The molecule has 8 heteroatoms. The second-order valence-electron chi connectivity index (χ2n) is 8.38. The Bertz CT molecular complexity index is 1570. The van der Waals surface area contributed by atoms with E-state index in [1.54, 1.807) is 4.68 Å². The molecule has 164 valence electrons. The molecule has 0 amide bonds. The van der Waals surface area contributed by atoms with Crippen molar-refractivity contribution in [1.29, 1.82) is 0 Å². The summed E-state index contributed by atoms with van der Waals surface area (Å²) < 4.78 is 1.58. The molecule has 0 spiro atoms. The zero-order valence-electron chi connectivity index (χ0n) is 18.1. The fourth-order valence-corrected chi connectivity index (χ4v) is 4.48. The number of hydrogen-bond donors (Lipinski definition) is 4. The minimum absolute atomic E-state index is 0.184. The minimum Gasteiger partial charge on any atom is -0.383 e. The quantitative estimate of drug-likeness (QED) is 0.320. The molecule has 6 rings (SSSR count). The number of nitrogen functional groups attached to an aromatic ring is 1. The summed E-state index contributed by atoms with van der Waals surface area (Å²) in [4.78, 5) is 24.2. The number of aryl methyl sites for hydroxylation is 1. The van der Waals surface area contributed by atoms with Crippen LogP contribution in [0, 0.1) is 6.92 Å². The Hall–Kier alpha value is -4.17. The molecular formula is C25H23N7O. The van der Waals surface area contributed by atoms with Gasteiger partial charge in [0.2, 0.25) is 5.78 Å². The fourth-order valence-electron chi connectivity index (χ4n) is 4.48. The monoisotopic (exact) mass is 437 g/mol. The lowest BCUT2D eigenvalue weighted by molar-refractivity contribution is 0.103. The predicted octanol–water partition coefficient (Wildman–Crippen LogP) is 3.73. The third kappa shape index (κ3) is 3.32. The van der Waals surface area contributed by atoms with Crippen LogP contribution in [0.1, 0.15) is 33.9 Å². The number of H-pyrrole nitrogens is 2. The molecule has 4 heterocycles. The number of carbonyl (C=O) groups is 1. The second kappa shape index (κ2) is 7.46. The fraction of sp³-hybridized carbons (Fsp3) is 0.160. The van der Waals surface area contributed by atoms with E-state index in [9.17, 15) is 4.79 Å². The highest BCUT2D eigenvalue weighted by molar-refractivity contribution is 6.12. The smallest absolute Gasteiger partial charge is 0.214 e. The number of imidazole rings is 1. The lowest BCUT2D eigenvalue weighted by atomic mass is 9.99. The highest BCUT2D eigenvalue weighted by Crippen LogP contribution is 2.27. The molecular weight excluding hydrogens is 414 g/mol. The van der Waals surface area contributed by atoms with Crippen molar-refractivity contribution in [3.05, 3.63) is 77.4 Å². The number of hydrogen-bond acceptors (Lipinski definition) is 5. The van der Waals surface area contributed by atoms with Crippen molar-refractivity contribution < 1.29 is 4.79 Å². The van der Waals surface area contributed by atoms with Gasteiger partial charge in [0.1, 0.15) is 11.6 Å². The summed E-state index contributed by atoms with van der Waals surface area (Å²) in [6.45, 7) is 3.78. The molecule has 2 aromatic carbocycles. The topological polar surface area (TPSA) is 117 Å². The Labute approximate surface area is 189 Å². The first-order valence-electron chi connectivity index (χ1n) is 10.9. The van der Waals surface area contributed by atoms with Crippen LogP contribution in [0.5, 0.6) is 0 Å². The van der Waals surface area contributed by atoms with Gasteiger partial charge >= 0.3 is 0 Å². The summed E-state index contributed by atoms with van der Waals surface area (Å²) in [7, 11) is 0. The first kappa shape index (κ1) is 19.5. The summed E-state index contributed by atoms with van der Waals surface area (Å²) in [6.07, 6.45) is 4.75. The SMILES string of the molecule is Cc1nc2ccc(-n3ncc(C(=O)c4cc5cc(C6=CCNCC6)ccc5[nH]4)c3N)cc2[nH]1. The summed E-state index contributed by atoms with van der Waals surface area (Å²) in [6, 6.07) is 13.9. The van der Waals surface area contributed by atoms with Gasteiger partial charge in [0, 0.05) is 17.4 Å². The van der Waals surface area contributed by atoms with Crippen molar-refractivity contribution in [3.8, 4) is 5.69 Å². The second-order valence-corrected chi connectivity index (χ2v) is 8.38. The minimum atomic E-state index is -0.184. The lowest BCUT2D eigenvalue weighted by Crippen LogP contribution is -2.19. The van der Waals surface area contributed by atoms with Crippen LogP contribution >= 0.6 is 0 Å². The molecule has 0 saturated heterocycles. The van der Waals surface area contributed by atoms with Gasteiger partial charge in [-0.1, -0.05) is 12.1 Å². The first-order valence-corrected chi connectivity index (χ1v) is 10.9. The Balaban J connectivity index is 1.33. The van der Waals surface area contributed by atoms with Crippen molar-refractivity contribution in [2.45, 2.75) is 13.3 Å². The molecule has 0 fully saturated rings. The van der Waals surface area contributed by atoms with E-state index in [1.807, 2.05) is 37.3 Å². The van der Waals surface area contributed by atoms with Gasteiger partial charge in [-0.2, -0.15) is 5.10 Å². The average Bonchev–Trinajstić information content (AvgIpc) is 3.53. The number of nitrogens with one attached hydrogen (secondary N) is 3. The molecule has 8 nitrogen and oxygen atoms in total. The van der Waals surface area contributed by atoms with Crippen LogP contribution in [0.25, 0.3) is 33.2 Å². The number of aromatic amines is 2. The maximum absolute atomic E-state index is 13.3. The third-order valence-electron chi connectivity index (χ3n) is 6.18. The zero-order chi connectivity index (χ0) is 22.5. The summed E-state index contributed by atoms with van der Waals surface area (Å²) in [5.74, 6) is 0.954. The van der Waals surface area contributed by atoms with Gasteiger partial charge in [0.05, 0.1) is 34.2 Å². The van der Waals surface area contributed by atoms with Crippen molar-refractivity contribution in [2.75, 3.05) is 18.8 Å². The summed E-state index contributed by atoms with van der Waals surface area (Å²) in [5.41, 5.74) is 13.2. The van der Waals surface area contributed by atoms with E-state index in [0.29, 0.717) is 17.1 Å².